The van der Waals surface area contributed by atoms with Gasteiger partial charge in [0.05, 0.1) is 0 Å². The summed E-state index contributed by atoms with van der Waals surface area (Å²) in [6, 6.07) is 0.183. The Bertz CT molecular complexity index is 316. The predicted molar refractivity (Wildman–Crippen MR) is 52.3 cm³/mol. The third-order valence-corrected chi connectivity index (χ3v) is 1.97. The number of hydrogen-bond donors (Lipinski definition) is 1. The second-order valence-corrected chi connectivity index (χ2v) is 3.40. The van der Waals surface area contributed by atoms with Crippen molar-refractivity contribution in [1.82, 2.24) is 10.2 Å². The largest absolute Gasteiger partial charge is 0.407 e. The van der Waals surface area contributed by atoms with Crippen LogP contribution in [0.3, 0.4) is 0 Å². The first-order chi connectivity index (χ1) is 7.51. The number of halogens is 4. The number of rotatable bonds is 6. The number of nitrogens with zero attached hydrogens (tertiary/aromatic N) is 2. The van der Waals surface area contributed by atoms with E-state index in [9.17, 15) is 13.2 Å². The molecule has 92 valence electrons. The van der Waals surface area contributed by atoms with E-state index in [2.05, 4.69) is 15.5 Å². The Morgan fingerprint density at radius 3 is 2.56 bits per heavy atom. The number of aromatic nitrogens is 2. The molecule has 0 bridgehead atoms. The van der Waals surface area contributed by atoms with E-state index in [-0.39, 0.29) is 24.2 Å². The highest BCUT2D eigenvalue weighted by Gasteiger charge is 2.25. The lowest BCUT2D eigenvalue weighted by Crippen LogP contribution is -2.08. The number of unbranched alkanes of at least 4 members (excludes halogenated alkanes) is 1. The second-order valence-electron chi connectivity index (χ2n) is 3.13. The molecule has 0 spiro atoms. The van der Waals surface area contributed by atoms with Gasteiger partial charge in [0.1, 0.15) is 5.88 Å². The smallest absolute Gasteiger partial charge is 0.389 e. The molecule has 0 unspecified atom stereocenters. The van der Waals surface area contributed by atoms with Gasteiger partial charge in [-0.1, -0.05) is 5.10 Å². The van der Waals surface area contributed by atoms with Crippen LogP contribution < -0.4 is 5.32 Å². The predicted octanol–water partition coefficient (Wildman–Crippen LogP) is 2.95. The van der Waals surface area contributed by atoms with Gasteiger partial charge in [0, 0.05) is 13.0 Å². The summed E-state index contributed by atoms with van der Waals surface area (Å²) < 4.78 is 40.3. The Hall–Kier alpha value is -0.980. The summed E-state index contributed by atoms with van der Waals surface area (Å²) in [6.45, 7) is 0.361. The summed E-state index contributed by atoms with van der Waals surface area (Å²) in [4.78, 5) is 0. The lowest BCUT2D eigenvalue weighted by molar-refractivity contribution is -0.135. The maximum Gasteiger partial charge on any atom is 0.389 e. The van der Waals surface area contributed by atoms with Crippen LogP contribution in [-0.2, 0) is 5.88 Å². The lowest BCUT2D eigenvalue weighted by atomic mass is 10.2. The maximum atomic E-state index is 11.8. The molecule has 8 heteroatoms. The summed E-state index contributed by atoms with van der Waals surface area (Å²) >= 11 is 5.43. The van der Waals surface area contributed by atoms with E-state index in [1.807, 2.05) is 0 Å². The fourth-order valence-corrected chi connectivity index (χ4v) is 1.13. The van der Waals surface area contributed by atoms with Crippen LogP contribution in [0.4, 0.5) is 19.2 Å². The number of nitrogens with one attached hydrogen (secondary N) is 1. The molecule has 16 heavy (non-hydrogen) atoms. The van der Waals surface area contributed by atoms with Crippen molar-refractivity contribution in [2.24, 2.45) is 0 Å². The van der Waals surface area contributed by atoms with E-state index in [0.717, 1.165) is 0 Å². The van der Waals surface area contributed by atoms with Crippen LogP contribution in [0.5, 0.6) is 0 Å². The second kappa shape index (κ2) is 5.93. The first-order valence-electron chi connectivity index (χ1n) is 4.70. The SMILES string of the molecule is FC(F)(F)CCCCNc1nnc(CCl)o1. The fraction of sp³-hybridized carbons (Fsp3) is 0.750. The van der Waals surface area contributed by atoms with Gasteiger partial charge in [0.25, 0.3) is 0 Å². The molecule has 1 aromatic rings. The van der Waals surface area contributed by atoms with Crippen molar-refractivity contribution < 1.29 is 17.6 Å². The molecule has 1 aromatic heterocycles. The van der Waals surface area contributed by atoms with E-state index < -0.39 is 12.6 Å². The highest BCUT2D eigenvalue weighted by molar-refractivity contribution is 6.16. The van der Waals surface area contributed by atoms with Crippen LogP contribution in [0.15, 0.2) is 4.42 Å². The molecule has 1 rings (SSSR count). The Balaban J connectivity index is 2.11. The van der Waals surface area contributed by atoms with Gasteiger partial charge < -0.3 is 9.73 Å². The van der Waals surface area contributed by atoms with Crippen molar-refractivity contribution in [2.75, 3.05) is 11.9 Å². The zero-order valence-electron chi connectivity index (χ0n) is 8.35. The van der Waals surface area contributed by atoms with Crippen LogP contribution >= 0.6 is 11.6 Å². The van der Waals surface area contributed by atoms with Gasteiger partial charge in [0.2, 0.25) is 5.89 Å². The standard InChI is InChI=1S/C8H11ClF3N3O/c9-5-6-14-15-7(16-6)13-4-2-1-3-8(10,11)12/h1-5H2,(H,13,15). The monoisotopic (exact) mass is 257 g/mol. The fourth-order valence-electron chi connectivity index (χ4n) is 1.02. The van der Waals surface area contributed by atoms with Gasteiger partial charge >= 0.3 is 12.2 Å². The Morgan fingerprint density at radius 2 is 2.00 bits per heavy atom. The molecule has 0 radical (unpaired) electrons. The lowest BCUT2D eigenvalue weighted by Gasteiger charge is -2.05. The van der Waals surface area contributed by atoms with Crippen molar-refractivity contribution >= 4 is 17.6 Å². The number of hydrogen-bond acceptors (Lipinski definition) is 4. The third kappa shape index (κ3) is 5.20. The van der Waals surface area contributed by atoms with E-state index >= 15 is 0 Å². The highest BCUT2D eigenvalue weighted by Crippen LogP contribution is 2.22. The van der Waals surface area contributed by atoms with Crippen molar-refractivity contribution in [2.45, 2.75) is 31.3 Å². The Morgan fingerprint density at radius 1 is 1.25 bits per heavy atom. The van der Waals surface area contributed by atoms with Crippen molar-refractivity contribution in [3.05, 3.63) is 5.89 Å². The molecular formula is C8H11ClF3N3O. The van der Waals surface area contributed by atoms with Crippen LogP contribution in [0.1, 0.15) is 25.2 Å². The molecule has 0 saturated carbocycles. The van der Waals surface area contributed by atoms with Crippen LogP contribution in [0.25, 0.3) is 0 Å². The van der Waals surface area contributed by atoms with Crippen molar-refractivity contribution in [3.63, 3.8) is 0 Å². The molecule has 0 fully saturated rings. The van der Waals surface area contributed by atoms with Crippen molar-refractivity contribution in [1.29, 1.82) is 0 Å². The molecule has 0 amide bonds. The average Bonchev–Trinajstić information content (AvgIpc) is 2.63. The van der Waals surface area contributed by atoms with Crippen LogP contribution in [0.2, 0.25) is 0 Å². The summed E-state index contributed by atoms with van der Waals surface area (Å²) in [5.74, 6) is 0.391. The van der Waals surface area contributed by atoms with Crippen LogP contribution in [-0.4, -0.2) is 22.9 Å². The molecule has 0 saturated heterocycles. The van der Waals surface area contributed by atoms with Gasteiger partial charge in [-0.2, -0.15) is 13.2 Å². The minimum absolute atomic E-state index is 0.0764. The minimum Gasteiger partial charge on any atom is -0.407 e. The summed E-state index contributed by atoms with van der Waals surface area (Å²) in [5.41, 5.74) is 0. The summed E-state index contributed by atoms with van der Waals surface area (Å²) in [7, 11) is 0. The molecular weight excluding hydrogens is 247 g/mol. The normalized spacial score (nSPS) is 11.8. The minimum atomic E-state index is -4.09. The van der Waals surface area contributed by atoms with Gasteiger partial charge in [-0.15, -0.1) is 16.7 Å². The zero-order valence-corrected chi connectivity index (χ0v) is 9.11. The van der Waals surface area contributed by atoms with Gasteiger partial charge in [-0.25, -0.2) is 0 Å². The van der Waals surface area contributed by atoms with Crippen LogP contribution in [0, 0.1) is 0 Å². The van der Waals surface area contributed by atoms with E-state index in [1.54, 1.807) is 0 Å². The first-order valence-corrected chi connectivity index (χ1v) is 5.23. The number of alkyl halides is 4. The number of anilines is 1. The Kier molecular flexibility index (Phi) is 4.85. The van der Waals surface area contributed by atoms with Gasteiger partial charge in [0.15, 0.2) is 0 Å². The van der Waals surface area contributed by atoms with Gasteiger partial charge in [-0.3, -0.25) is 0 Å². The molecule has 1 N–H and O–H groups in total. The quantitative estimate of drug-likeness (QED) is 0.629. The highest BCUT2D eigenvalue weighted by atomic mass is 35.5. The van der Waals surface area contributed by atoms with E-state index in [4.69, 9.17) is 16.0 Å². The van der Waals surface area contributed by atoms with E-state index in [1.165, 1.54) is 0 Å². The average molecular weight is 258 g/mol. The molecule has 1 heterocycles. The van der Waals surface area contributed by atoms with Crippen molar-refractivity contribution in [3.8, 4) is 0 Å². The molecule has 0 aliphatic heterocycles. The van der Waals surface area contributed by atoms with Gasteiger partial charge in [-0.05, 0) is 12.8 Å². The molecule has 4 nitrogen and oxygen atoms in total. The molecule has 0 aromatic carbocycles. The Labute approximate surface area is 95.2 Å². The molecule has 0 aliphatic rings. The zero-order chi connectivity index (χ0) is 12.0. The third-order valence-electron chi connectivity index (χ3n) is 1.74. The maximum absolute atomic E-state index is 11.8. The topological polar surface area (TPSA) is 51.0 Å². The molecule has 0 atom stereocenters. The molecule has 0 aliphatic carbocycles. The first kappa shape index (κ1) is 13.1. The summed E-state index contributed by atoms with van der Waals surface area (Å²) in [6.07, 6.45) is -4.40. The summed E-state index contributed by atoms with van der Waals surface area (Å²) in [5, 5.41) is 9.90. The van der Waals surface area contributed by atoms with E-state index in [0.29, 0.717) is 13.0 Å².